The molecule has 0 aromatic heterocycles. The molecule has 1 aliphatic rings. The lowest BCUT2D eigenvalue weighted by Gasteiger charge is -2.32. The third-order valence-corrected chi connectivity index (χ3v) is 3.88. The Balaban J connectivity index is 1.72. The fourth-order valence-corrected chi connectivity index (χ4v) is 2.52. The van der Waals surface area contributed by atoms with E-state index in [1.54, 1.807) is 29.2 Å². The number of carbonyl (C=O) groups is 2. The van der Waals surface area contributed by atoms with E-state index in [9.17, 15) is 9.59 Å². The highest BCUT2D eigenvalue weighted by molar-refractivity contribution is 6.30. The molecule has 0 unspecified atom stereocenters. The van der Waals surface area contributed by atoms with Crippen LogP contribution in [-0.2, 0) is 9.59 Å². The van der Waals surface area contributed by atoms with E-state index in [1.807, 2.05) is 6.07 Å². The van der Waals surface area contributed by atoms with Crippen LogP contribution >= 0.6 is 11.6 Å². The molecule has 23 heavy (non-hydrogen) atoms. The first kappa shape index (κ1) is 17.1. The number of likely N-dealkylation sites (tertiary alicyclic amines) is 1. The molecule has 1 saturated heterocycles. The maximum absolute atomic E-state index is 12.1. The van der Waals surface area contributed by atoms with E-state index in [0.717, 1.165) is 0 Å². The summed E-state index contributed by atoms with van der Waals surface area (Å²) in [6.07, 6.45) is 1.24. The van der Waals surface area contributed by atoms with Gasteiger partial charge in [0.25, 0.3) is 5.91 Å². The minimum atomic E-state index is -0.261. The van der Waals surface area contributed by atoms with E-state index in [2.05, 4.69) is 5.32 Å². The van der Waals surface area contributed by atoms with Crippen LogP contribution in [0.25, 0.3) is 0 Å². The van der Waals surface area contributed by atoms with Crippen molar-refractivity contribution < 1.29 is 14.3 Å². The summed E-state index contributed by atoms with van der Waals surface area (Å²) in [6.45, 7) is 1.12. The molecule has 2 amide bonds. The number of nitrogens with zero attached hydrogens (tertiary/aromatic N) is 2. The van der Waals surface area contributed by atoms with E-state index in [0.29, 0.717) is 36.7 Å². The number of nitrogens with one attached hydrogen (secondary N) is 1. The molecule has 0 bridgehead atoms. The highest BCUT2D eigenvalue weighted by Crippen LogP contribution is 2.16. The van der Waals surface area contributed by atoms with Gasteiger partial charge in [-0.05, 0) is 37.1 Å². The van der Waals surface area contributed by atoms with Crippen LogP contribution in [0, 0.1) is 11.3 Å². The molecule has 122 valence electrons. The van der Waals surface area contributed by atoms with Crippen molar-refractivity contribution in [2.45, 2.75) is 25.3 Å². The average molecular weight is 336 g/mol. The van der Waals surface area contributed by atoms with E-state index >= 15 is 0 Å². The number of hydrogen-bond acceptors (Lipinski definition) is 4. The SMILES string of the molecule is N#CCC(=O)NC1CCN(C(=O)COc2ccc(Cl)cc2)CC1. The average Bonchev–Trinajstić information content (AvgIpc) is 2.55. The van der Waals surface area contributed by atoms with Gasteiger partial charge in [0.15, 0.2) is 6.61 Å². The van der Waals surface area contributed by atoms with Gasteiger partial charge in [-0.25, -0.2) is 0 Å². The fourth-order valence-electron chi connectivity index (χ4n) is 2.39. The van der Waals surface area contributed by atoms with Crippen molar-refractivity contribution in [1.82, 2.24) is 10.2 Å². The first-order valence-corrected chi connectivity index (χ1v) is 7.78. The molecule has 0 atom stereocenters. The Morgan fingerprint density at radius 3 is 2.57 bits per heavy atom. The van der Waals surface area contributed by atoms with Crippen molar-refractivity contribution in [3.05, 3.63) is 29.3 Å². The maximum atomic E-state index is 12.1. The monoisotopic (exact) mass is 335 g/mol. The van der Waals surface area contributed by atoms with E-state index in [-0.39, 0.29) is 30.9 Å². The zero-order valence-electron chi connectivity index (χ0n) is 12.6. The molecular weight excluding hydrogens is 318 g/mol. The number of hydrogen-bond donors (Lipinski definition) is 1. The van der Waals surface area contributed by atoms with Crippen molar-refractivity contribution in [2.75, 3.05) is 19.7 Å². The molecule has 0 saturated carbocycles. The number of carbonyl (C=O) groups excluding carboxylic acids is 2. The molecule has 0 aliphatic carbocycles. The predicted octanol–water partition coefficient (Wildman–Crippen LogP) is 1.74. The third-order valence-electron chi connectivity index (χ3n) is 3.63. The minimum Gasteiger partial charge on any atom is -0.484 e. The quantitative estimate of drug-likeness (QED) is 0.888. The van der Waals surface area contributed by atoms with E-state index < -0.39 is 0 Å². The van der Waals surface area contributed by atoms with Crippen LogP contribution in [0.1, 0.15) is 19.3 Å². The van der Waals surface area contributed by atoms with Gasteiger partial charge in [0.05, 0.1) is 6.07 Å². The molecule has 1 aromatic rings. The normalized spacial score (nSPS) is 14.9. The lowest BCUT2D eigenvalue weighted by molar-refractivity contribution is -0.134. The highest BCUT2D eigenvalue weighted by atomic mass is 35.5. The number of benzene rings is 1. The molecule has 1 heterocycles. The lowest BCUT2D eigenvalue weighted by Crippen LogP contribution is -2.47. The summed E-state index contributed by atoms with van der Waals surface area (Å²) in [5.74, 6) is 0.256. The van der Waals surface area contributed by atoms with Gasteiger partial charge in [-0.1, -0.05) is 11.6 Å². The van der Waals surface area contributed by atoms with Gasteiger partial charge >= 0.3 is 0 Å². The number of rotatable bonds is 5. The summed E-state index contributed by atoms with van der Waals surface area (Å²) in [6, 6.07) is 8.68. The Hall–Kier alpha value is -2.26. The second kappa shape index (κ2) is 8.39. The number of nitriles is 1. The van der Waals surface area contributed by atoms with Gasteiger partial charge in [-0.2, -0.15) is 5.26 Å². The Labute approximate surface area is 140 Å². The van der Waals surface area contributed by atoms with Crippen LogP contribution in [0.15, 0.2) is 24.3 Å². The molecule has 6 nitrogen and oxygen atoms in total. The van der Waals surface area contributed by atoms with Crippen LogP contribution in [0.2, 0.25) is 5.02 Å². The molecule has 7 heteroatoms. The van der Waals surface area contributed by atoms with E-state index in [1.165, 1.54) is 0 Å². The second-order valence-electron chi connectivity index (χ2n) is 5.30. The topological polar surface area (TPSA) is 82.4 Å². The lowest BCUT2D eigenvalue weighted by atomic mass is 10.0. The van der Waals surface area contributed by atoms with Crippen molar-refractivity contribution in [3.63, 3.8) is 0 Å². The van der Waals surface area contributed by atoms with Crippen molar-refractivity contribution in [3.8, 4) is 11.8 Å². The van der Waals surface area contributed by atoms with Crippen LogP contribution < -0.4 is 10.1 Å². The molecule has 1 aliphatic heterocycles. The van der Waals surface area contributed by atoms with Crippen LogP contribution in [-0.4, -0.2) is 42.5 Å². The fraction of sp³-hybridized carbons (Fsp3) is 0.438. The summed E-state index contributed by atoms with van der Waals surface area (Å²) in [7, 11) is 0. The van der Waals surface area contributed by atoms with Crippen LogP contribution in [0.3, 0.4) is 0 Å². The predicted molar refractivity (Wildman–Crippen MR) is 84.9 cm³/mol. The smallest absolute Gasteiger partial charge is 0.260 e. The molecule has 2 rings (SSSR count). The third kappa shape index (κ3) is 5.46. The van der Waals surface area contributed by atoms with Gasteiger partial charge in [0.1, 0.15) is 12.2 Å². The molecule has 1 aromatic carbocycles. The zero-order chi connectivity index (χ0) is 16.7. The van der Waals surface area contributed by atoms with Gasteiger partial charge < -0.3 is 15.0 Å². The molecule has 1 fully saturated rings. The van der Waals surface area contributed by atoms with Gasteiger partial charge in [-0.15, -0.1) is 0 Å². The number of ether oxygens (including phenoxy) is 1. The van der Waals surface area contributed by atoms with Gasteiger partial charge in [0, 0.05) is 24.2 Å². The minimum absolute atomic E-state index is 0.0207. The summed E-state index contributed by atoms with van der Waals surface area (Å²) in [5.41, 5.74) is 0. The zero-order valence-corrected chi connectivity index (χ0v) is 13.4. The van der Waals surface area contributed by atoms with Gasteiger partial charge in [-0.3, -0.25) is 9.59 Å². The standard InChI is InChI=1S/C16H18ClN3O3/c17-12-1-3-14(4-2-12)23-11-16(22)20-9-6-13(7-10-20)19-15(21)5-8-18/h1-4,13H,5-7,9-11H2,(H,19,21). The van der Waals surface area contributed by atoms with Crippen molar-refractivity contribution in [2.24, 2.45) is 0 Å². The molecule has 0 spiro atoms. The van der Waals surface area contributed by atoms with Crippen LogP contribution in [0.5, 0.6) is 5.75 Å². The Kier molecular flexibility index (Phi) is 6.24. The first-order valence-electron chi connectivity index (χ1n) is 7.41. The summed E-state index contributed by atoms with van der Waals surface area (Å²) in [5, 5.41) is 11.9. The van der Waals surface area contributed by atoms with Crippen molar-refractivity contribution >= 4 is 23.4 Å². The summed E-state index contributed by atoms with van der Waals surface area (Å²) >= 11 is 5.79. The second-order valence-corrected chi connectivity index (χ2v) is 5.74. The number of amides is 2. The molecule has 0 radical (unpaired) electrons. The summed E-state index contributed by atoms with van der Waals surface area (Å²) < 4.78 is 5.44. The highest BCUT2D eigenvalue weighted by Gasteiger charge is 2.23. The largest absolute Gasteiger partial charge is 0.484 e. The Morgan fingerprint density at radius 2 is 1.96 bits per heavy atom. The Morgan fingerprint density at radius 1 is 1.30 bits per heavy atom. The maximum Gasteiger partial charge on any atom is 0.260 e. The first-order chi connectivity index (χ1) is 11.1. The Bertz CT molecular complexity index is 590. The van der Waals surface area contributed by atoms with Gasteiger partial charge in [0.2, 0.25) is 5.91 Å². The molecule has 1 N–H and O–H groups in total. The number of piperidine rings is 1. The van der Waals surface area contributed by atoms with Crippen molar-refractivity contribution in [1.29, 1.82) is 5.26 Å². The summed E-state index contributed by atoms with van der Waals surface area (Å²) in [4.78, 5) is 25.2. The van der Waals surface area contributed by atoms with Crippen LogP contribution in [0.4, 0.5) is 0 Å². The number of halogens is 1. The molecular formula is C16H18ClN3O3. The van der Waals surface area contributed by atoms with E-state index in [4.69, 9.17) is 21.6 Å².